The van der Waals surface area contributed by atoms with Gasteiger partial charge < -0.3 is 18.8 Å². The number of rotatable bonds is 9. The molecule has 0 bridgehead atoms. The molecule has 1 amide bonds. The SMILES string of the molecule is COc1cccc(CN(C)C(=O)CCn2c(=N)n(CC(=O)c3ccc(Cl)cc3)c3ccccc32)c1. The van der Waals surface area contributed by atoms with Gasteiger partial charge in [0.1, 0.15) is 5.75 Å². The summed E-state index contributed by atoms with van der Waals surface area (Å²) in [7, 11) is 3.38. The molecule has 0 aliphatic heterocycles. The summed E-state index contributed by atoms with van der Waals surface area (Å²) in [5.41, 5.74) is 3.28. The fraction of sp³-hybridized carbons (Fsp3) is 0.222. The largest absolute Gasteiger partial charge is 0.497 e. The Morgan fingerprint density at radius 1 is 0.971 bits per heavy atom. The van der Waals surface area contributed by atoms with E-state index >= 15 is 0 Å². The normalized spacial score (nSPS) is 10.9. The van der Waals surface area contributed by atoms with Crippen molar-refractivity contribution in [1.82, 2.24) is 14.0 Å². The number of benzene rings is 3. The number of Topliss-reactive ketones (excluding diaryl/α,β-unsaturated/α-hetero) is 1. The van der Waals surface area contributed by atoms with Gasteiger partial charge in [-0.05, 0) is 54.1 Å². The van der Waals surface area contributed by atoms with Crippen molar-refractivity contribution < 1.29 is 14.3 Å². The summed E-state index contributed by atoms with van der Waals surface area (Å²) in [6.45, 7) is 0.826. The van der Waals surface area contributed by atoms with Gasteiger partial charge in [-0.25, -0.2) is 0 Å². The Morgan fingerprint density at radius 2 is 1.66 bits per heavy atom. The molecule has 0 fully saturated rings. The highest BCUT2D eigenvalue weighted by atomic mass is 35.5. The first-order valence-corrected chi connectivity index (χ1v) is 11.6. The number of carbonyl (C=O) groups excluding carboxylic acids is 2. The zero-order valence-electron chi connectivity index (χ0n) is 19.7. The van der Waals surface area contributed by atoms with Gasteiger partial charge in [0, 0.05) is 37.1 Å². The first-order valence-electron chi connectivity index (χ1n) is 11.3. The lowest BCUT2D eigenvalue weighted by Crippen LogP contribution is -2.31. The zero-order chi connectivity index (χ0) is 24.9. The maximum absolute atomic E-state index is 12.9. The van der Waals surface area contributed by atoms with Gasteiger partial charge in [0.25, 0.3) is 0 Å². The molecular weight excluding hydrogens is 464 g/mol. The molecule has 4 rings (SSSR count). The summed E-state index contributed by atoms with van der Waals surface area (Å²) in [5.74, 6) is 0.602. The van der Waals surface area contributed by atoms with Crippen LogP contribution in [0.3, 0.4) is 0 Å². The lowest BCUT2D eigenvalue weighted by molar-refractivity contribution is -0.130. The average molecular weight is 491 g/mol. The van der Waals surface area contributed by atoms with Crippen molar-refractivity contribution in [3.05, 3.63) is 94.6 Å². The van der Waals surface area contributed by atoms with Gasteiger partial charge in [-0.3, -0.25) is 15.0 Å². The Labute approximate surface area is 208 Å². The number of aromatic nitrogens is 2. The molecule has 0 saturated carbocycles. The van der Waals surface area contributed by atoms with E-state index in [9.17, 15) is 9.59 Å². The maximum Gasteiger partial charge on any atom is 0.224 e. The minimum atomic E-state index is -0.114. The van der Waals surface area contributed by atoms with Crippen molar-refractivity contribution in [3.8, 4) is 5.75 Å². The first-order chi connectivity index (χ1) is 16.9. The molecule has 180 valence electrons. The number of para-hydroxylation sites is 2. The molecule has 0 aliphatic rings. The quantitative estimate of drug-likeness (QED) is 0.350. The van der Waals surface area contributed by atoms with E-state index in [1.54, 1.807) is 52.5 Å². The Hall–Kier alpha value is -3.84. The molecular formula is C27H27ClN4O3. The molecule has 1 heterocycles. The number of amides is 1. The fourth-order valence-electron chi connectivity index (χ4n) is 4.08. The average Bonchev–Trinajstić information content (AvgIpc) is 3.13. The number of nitrogens with one attached hydrogen (secondary N) is 1. The number of hydrogen-bond donors (Lipinski definition) is 1. The van der Waals surface area contributed by atoms with Crippen molar-refractivity contribution in [3.63, 3.8) is 0 Å². The van der Waals surface area contributed by atoms with Crippen LogP contribution in [-0.4, -0.2) is 39.9 Å². The summed E-state index contributed by atoms with van der Waals surface area (Å²) >= 11 is 5.94. The van der Waals surface area contributed by atoms with Crippen molar-refractivity contribution in [2.45, 2.75) is 26.1 Å². The Bertz CT molecular complexity index is 1420. The van der Waals surface area contributed by atoms with Crippen molar-refractivity contribution in [2.75, 3.05) is 14.2 Å². The molecule has 1 N–H and O–H groups in total. The van der Waals surface area contributed by atoms with E-state index in [1.165, 1.54) is 0 Å². The van der Waals surface area contributed by atoms with Crippen LogP contribution in [0.25, 0.3) is 11.0 Å². The number of hydrogen-bond acceptors (Lipinski definition) is 4. The number of ketones is 1. The molecule has 7 nitrogen and oxygen atoms in total. The second-order valence-corrected chi connectivity index (χ2v) is 8.77. The second-order valence-electron chi connectivity index (χ2n) is 8.33. The van der Waals surface area contributed by atoms with Crippen LogP contribution in [0.2, 0.25) is 5.02 Å². The van der Waals surface area contributed by atoms with Crippen LogP contribution in [-0.2, 0) is 24.4 Å². The molecule has 3 aromatic carbocycles. The number of halogens is 1. The minimum Gasteiger partial charge on any atom is -0.497 e. The van der Waals surface area contributed by atoms with Gasteiger partial charge in [-0.1, -0.05) is 35.9 Å². The molecule has 35 heavy (non-hydrogen) atoms. The van der Waals surface area contributed by atoms with Gasteiger partial charge in [-0.2, -0.15) is 0 Å². The highest BCUT2D eigenvalue weighted by Gasteiger charge is 2.16. The summed E-state index contributed by atoms with van der Waals surface area (Å²) in [6.07, 6.45) is 0.232. The number of carbonyl (C=O) groups is 2. The third-order valence-corrected chi connectivity index (χ3v) is 6.22. The molecule has 4 aromatic rings. The predicted octanol–water partition coefficient (Wildman–Crippen LogP) is 4.52. The van der Waals surface area contributed by atoms with Crippen LogP contribution in [0.1, 0.15) is 22.3 Å². The van der Waals surface area contributed by atoms with Gasteiger partial charge in [0.2, 0.25) is 11.5 Å². The highest BCUT2D eigenvalue weighted by molar-refractivity contribution is 6.30. The monoisotopic (exact) mass is 490 g/mol. The van der Waals surface area contributed by atoms with E-state index in [-0.39, 0.29) is 30.3 Å². The van der Waals surface area contributed by atoms with Crippen LogP contribution in [0.15, 0.2) is 72.8 Å². The summed E-state index contributed by atoms with van der Waals surface area (Å²) < 4.78 is 8.72. The number of ether oxygens (including phenoxy) is 1. The topological polar surface area (TPSA) is 80.3 Å². The molecule has 0 spiro atoms. The number of methoxy groups -OCH3 is 1. The van der Waals surface area contributed by atoms with Gasteiger partial charge in [0.05, 0.1) is 24.7 Å². The zero-order valence-corrected chi connectivity index (χ0v) is 20.5. The van der Waals surface area contributed by atoms with Crippen LogP contribution >= 0.6 is 11.6 Å². The Morgan fingerprint density at radius 3 is 2.34 bits per heavy atom. The third-order valence-electron chi connectivity index (χ3n) is 5.97. The number of imidazole rings is 1. The van der Waals surface area contributed by atoms with E-state index in [1.807, 2.05) is 48.5 Å². The highest BCUT2D eigenvalue weighted by Crippen LogP contribution is 2.17. The molecule has 1 aromatic heterocycles. The van der Waals surface area contributed by atoms with E-state index < -0.39 is 0 Å². The van der Waals surface area contributed by atoms with Crippen LogP contribution in [0, 0.1) is 5.41 Å². The van der Waals surface area contributed by atoms with E-state index in [4.69, 9.17) is 21.7 Å². The van der Waals surface area contributed by atoms with Gasteiger partial charge in [0.15, 0.2) is 5.78 Å². The number of aryl methyl sites for hydroxylation is 1. The molecule has 0 radical (unpaired) electrons. The molecule has 8 heteroatoms. The third kappa shape index (κ3) is 5.46. The van der Waals surface area contributed by atoms with Crippen LogP contribution < -0.4 is 10.4 Å². The maximum atomic E-state index is 12.9. The standard InChI is InChI=1S/C27H27ClN4O3/c1-30(17-19-6-5-7-22(16-19)35-2)26(34)14-15-31-23-8-3-4-9-24(23)32(27(31)29)18-25(33)20-10-12-21(28)13-11-20/h3-13,16,29H,14-15,17-18H2,1-2H3. The summed E-state index contributed by atoms with van der Waals surface area (Å²) in [6, 6.07) is 21.9. The molecule has 0 unspecified atom stereocenters. The van der Waals surface area contributed by atoms with Crippen molar-refractivity contribution in [2.24, 2.45) is 0 Å². The van der Waals surface area contributed by atoms with Crippen LogP contribution in [0.4, 0.5) is 0 Å². The summed E-state index contributed by atoms with van der Waals surface area (Å²) in [4.78, 5) is 27.4. The van der Waals surface area contributed by atoms with E-state index in [0.29, 0.717) is 23.7 Å². The Balaban J connectivity index is 1.51. The number of nitrogens with zero attached hydrogens (tertiary/aromatic N) is 3. The second kappa shape index (κ2) is 10.6. The molecule has 0 aliphatic carbocycles. The smallest absolute Gasteiger partial charge is 0.224 e. The lowest BCUT2D eigenvalue weighted by atomic mass is 10.1. The minimum absolute atomic E-state index is 0.0255. The van der Waals surface area contributed by atoms with Crippen molar-refractivity contribution >= 4 is 34.3 Å². The fourth-order valence-corrected chi connectivity index (χ4v) is 4.21. The summed E-state index contributed by atoms with van der Waals surface area (Å²) in [5, 5.41) is 9.32. The van der Waals surface area contributed by atoms with Crippen LogP contribution in [0.5, 0.6) is 5.75 Å². The van der Waals surface area contributed by atoms with Crippen molar-refractivity contribution in [1.29, 1.82) is 5.41 Å². The number of fused-ring (bicyclic) bond motifs is 1. The van der Waals surface area contributed by atoms with Gasteiger partial charge in [-0.15, -0.1) is 0 Å². The van der Waals surface area contributed by atoms with E-state index in [2.05, 4.69) is 0 Å². The molecule has 0 atom stereocenters. The first kappa shape index (κ1) is 24.3. The Kier molecular flexibility index (Phi) is 7.36. The predicted molar refractivity (Wildman–Crippen MR) is 136 cm³/mol. The van der Waals surface area contributed by atoms with E-state index in [0.717, 1.165) is 22.3 Å². The lowest BCUT2D eigenvalue weighted by Gasteiger charge is -2.18. The molecule has 0 saturated heterocycles. The van der Waals surface area contributed by atoms with Gasteiger partial charge >= 0.3 is 0 Å².